The summed E-state index contributed by atoms with van der Waals surface area (Å²) in [6.45, 7) is 1.95. The lowest BCUT2D eigenvalue weighted by atomic mass is 10.2. The number of nitrogens with one attached hydrogen (secondary N) is 1. The minimum absolute atomic E-state index is 0.289. The maximum absolute atomic E-state index is 12.5. The van der Waals surface area contributed by atoms with E-state index >= 15 is 0 Å². The number of ether oxygens (including phenoxy) is 1. The van der Waals surface area contributed by atoms with Crippen LogP contribution in [0.15, 0.2) is 60.9 Å². The molecule has 0 spiro atoms. The van der Waals surface area contributed by atoms with E-state index in [9.17, 15) is 4.79 Å². The predicted molar refractivity (Wildman–Crippen MR) is 102 cm³/mol. The molecule has 0 aliphatic rings. The van der Waals surface area contributed by atoms with Gasteiger partial charge in [-0.3, -0.25) is 4.79 Å². The van der Waals surface area contributed by atoms with Gasteiger partial charge in [-0.05, 0) is 36.8 Å². The molecule has 132 valence electrons. The van der Waals surface area contributed by atoms with Crippen molar-refractivity contribution >= 4 is 23.2 Å². The molecule has 2 aromatic carbocycles. The second kappa shape index (κ2) is 7.65. The van der Waals surface area contributed by atoms with Crippen LogP contribution in [0, 0.1) is 6.92 Å². The summed E-state index contributed by atoms with van der Waals surface area (Å²) >= 11 is 0. The number of aryl methyl sites for hydroxylation is 1. The SMILES string of the molecule is COc1ccc(C)cc1NC(=O)c1cnc(N(C)c2ccccc2)nc1. The van der Waals surface area contributed by atoms with Crippen molar-refractivity contribution < 1.29 is 9.53 Å². The van der Waals surface area contributed by atoms with Crippen molar-refractivity contribution in [3.05, 3.63) is 72.1 Å². The summed E-state index contributed by atoms with van der Waals surface area (Å²) < 4.78 is 5.28. The van der Waals surface area contributed by atoms with E-state index in [1.165, 1.54) is 12.4 Å². The number of rotatable bonds is 5. The highest BCUT2D eigenvalue weighted by molar-refractivity contribution is 6.04. The van der Waals surface area contributed by atoms with Gasteiger partial charge in [0.25, 0.3) is 5.91 Å². The maximum Gasteiger partial charge on any atom is 0.258 e. The Hall–Kier alpha value is -3.41. The summed E-state index contributed by atoms with van der Waals surface area (Å²) in [5.74, 6) is 0.828. The smallest absolute Gasteiger partial charge is 0.258 e. The van der Waals surface area contributed by atoms with Gasteiger partial charge in [-0.2, -0.15) is 0 Å². The van der Waals surface area contributed by atoms with Gasteiger partial charge < -0.3 is 15.0 Å². The molecule has 0 saturated carbocycles. The van der Waals surface area contributed by atoms with Crippen LogP contribution in [0.5, 0.6) is 5.75 Å². The van der Waals surface area contributed by atoms with E-state index in [0.717, 1.165) is 11.3 Å². The van der Waals surface area contributed by atoms with Crippen molar-refractivity contribution in [2.45, 2.75) is 6.92 Å². The zero-order valence-corrected chi connectivity index (χ0v) is 14.9. The van der Waals surface area contributed by atoms with Gasteiger partial charge in [0.2, 0.25) is 5.95 Å². The zero-order valence-electron chi connectivity index (χ0n) is 14.9. The van der Waals surface area contributed by atoms with E-state index < -0.39 is 0 Å². The van der Waals surface area contributed by atoms with Gasteiger partial charge in [0, 0.05) is 25.1 Å². The number of amides is 1. The fourth-order valence-electron chi connectivity index (χ4n) is 2.49. The Morgan fingerprint density at radius 3 is 2.42 bits per heavy atom. The third-order valence-electron chi connectivity index (χ3n) is 3.95. The molecular formula is C20H20N4O2. The molecule has 26 heavy (non-hydrogen) atoms. The average molecular weight is 348 g/mol. The molecule has 6 heteroatoms. The Labute approximate surface area is 152 Å². The van der Waals surface area contributed by atoms with Gasteiger partial charge in [0.1, 0.15) is 5.75 Å². The van der Waals surface area contributed by atoms with Crippen LogP contribution in [0.2, 0.25) is 0 Å². The van der Waals surface area contributed by atoms with Gasteiger partial charge in [0.05, 0.1) is 18.4 Å². The number of nitrogens with zero attached hydrogens (tertiary/aromatic N) is 3. The second-order valence-electron chi connectivity index (χ2n) is 5.82. The zero-order chi connectivity index (χ0) is 18.5. The minimum atomic E-state index is -0.289. The summed E-state index contributed by atoms with van der Waals surface area (Å²) in [6, 6.07) is 15.4. The quantitative estimate of drug-likeness (QED) is 0.759. The van der Waals surface area contributed by atoms with Crippen LogP contribution < -0.4 is 15.0 Å². The molecule has 0 atom stereocenters. The van der Waals surface area contributed by atoms with Crippen LogP contribution in [-0.2, 0) is 0 Å². The molecule has 6 nitrogen and oxygen atoms in total. The summed E-state index contributed by atoms with van der Waals surface area (Å²) in [5.41, 5.74) is 2.98. The summed E-state index contributed by atoms with van der Waals surface area (Å²) in [7, 11) is 3.44. The van der Waals surface area contributed by atoms with E-state index in [2.05, 4.69) is 15.3 Å². The Bertz CT molecular complexity index is 895. The molecule has 0 radical (unpaired) electrons. The van der Waals surface area contributed by atoms with Crippen LogP contribution in [0.1, 0.15) is 15.9 Å². The van der Waals surface area contributed by atoms with Crippen molar-refractivity contribution in [3.63, 3.8) is 0 Å². The van der Waals surface area contributed by atoms with Crippen molar-refractivity contribution in [2.24, 2.45) is 0 Å². The van der Waals surface area contributed by atoms with Crippen LogP contribution in [-0.4, -0.2) is 30.0 Å². The van der Waals surface area contributed by atoms with Gasteiger partial charge >= 0.3 is 0 Å². The molecule has 1 heterocycles. The van der Waals surface area contributed by atoms with Crippen LogP contribution in [0.25, 0.3) is 0 Å². The van der Waals surface area contributed by atoms with Crippen LogP contribution in [0.3, 0.4) is 0 Å². The Balaban J connectivity index is 1.76. The molecule has 1 N–H and O–H groups in total. The number of hydrogen-bond acceptors (Lipinski definition) is 5. The van der Waals surface area contributed by atoms with E-state index in [-0.39, 0.29) is 5.91 Å². The molecule has 0 bridgehead atoms. The van der Waals surface area contributed by atoms with Gasteiger partial charge in [-0.1, -0.05) is 24.3 Å². The van der Waals surface area contributed by atoms with Crippen molar-refractivity contribution in [1.82, 2.24) is 9.97 Å². The predicted octanol–water partition coefficient (Wildman–Crippen LogP) is 3.81. The first-order valence-corrected chi connectivity index (χ1v) is 8.15. The minimum Gasteiger partial charge on any atom is -0.495 e. The monoisotopic (exact) mass is 348 g/mol. The molecule has 3 rings (SSSR count). The molecule has 0 fully saturated rings. The molecular weight excluding hydrogens is 328 g/mol. The molecule has 0 unspecified atom stereocenters. The van der Waals surface area contributed by atoms with Gasteiger partial charge in [0.15, 0.2) is 0 Å². The highest BCUT2D eigenvalue weighted by Crippen LogP contribution is 2.26. The second-order valence-corrected chi connectivity index (χ2v) is 5.82. The lowest BCUT2D eigenvalue weighted by Gasteiger charge is -2.17. The lowest BCUT2D eigenvalue weighted by Crippen LogP contribution is -2.16. The Kier molecular flexibility index (Phi) is 5.12. The number of para-hydroxylation sites is 1. The van der Waals surface area contributed by atoms with Crippen molar-refractivity contribution in [3.8, 4) is 5.75 Å². The van der Waals surface area contributed by atoms with Crippen molar-refractivity contribution in [2.75, 3.05) is 24.4 Å². The normalized spacial score (nSPS) is 10.3. The number of carbonyl (C=O) groups is 1. The highest BCUT2D eigenvalue weighted by Gasteiger charge is 2.13. The number of aromatic nitrogens is 2. The fraction of sp³-hybridized carbons (Fsp3) is 0.150. The average Bonchev–Trinajstić information content (AvgIpc) is 2.68. The highest BCUT2D eigenvalue weighted by atomic mass is 16.5. The van der Waals surface area contributed by atoms with E-state index in [0.29, 0.717) is 22.9 Å². The maximum atomic E-state index is 12.5. The number of anilines is 3. The summed E-state index contributed by atoms with van der Waals surface area (Å²) in [5, 5.41) is 2.84. The molecule has 0 aliphatic heterocycles. The van der Waals surface area contributed by atoms with Crippen LogP contribution >= 0.6 is 0 Å². The molecule has 3 aromatic rings. The third kappa shape index (κ3) is 3.80. The first-order chi connectivity index (χ1) is 12.6. The van der Waals surface area contributed by atoms with E-state index in [1.807, 2.05) is 67.4 Å². The Morgan fingerprint density at radius 2 is 1.77 bits per heavy atom. The fourth-order valence-corrected chi connectivity index (χ4v) is 2.49. The van der Waals surface area contributed by atoms with Gasteiger partial charge in [-0.15, -0.1) is 0 Å². The Morgan fingerprint density at radius 1 is 1.08 bits per heavy atom. The molecule has 0 aliphatic carbocycles. The lowest BCUT2D eigenvalue weighted by molar-refractivity contribution is 0.102. The molecule has 1 aromatic heterocycles. The number of hydrogen-bond donors (Lipinski definition) is 1. The summed E-state index contributed by atoms with van der Waals surface area (Å²) in [4.78, 5) is 22.9. The van der Waals surface area contributed by atoms with Gasteiger partial charge in [-0.25, -0.2) is 9.97 Å². The molecule has 0 saturated heterocycles. The van der Waals surface area contributed by atoms with E-state index in [4.69, 9.17) is 4.74 Å². The first kappa shape index (κ1) is 17.4. The largest absolute Gasteiger partial charge is 0.495 e. The number of carbonyl (C=O) groups excluding carboxylic acids is 1. The number of benzene rings is 2. The van der Waals surface area contributed by atoms with Crippen molar-refractivity contribution in [1.29, 1.82) is 0 Å². The van der Waals surface area contributed by atoms with E-state index in [1.54, 1.807) is 7.11 Å². The summed E-state index contributed by atoms with van der Waals surface area (Å²) in [6.07, 6.45) is 3.03. The third-order valence-corrected chi connectivity index (χ3v) is 3.95. The topological polar surface area (TPSA) is 67.3 Å². The van der Waals surface area contributed by atoms with Crippen LogP contribution in [0.4, 0.5) is 17.3 Å². The molecule has 1 amide bonds. The first-order valence-electron chi connectivity index (χ1n) is 8.15. The standard InChI is InChI=1S/C20H20N4O2/c1-14-9-10-18(26-3)17(11-14)23-19(25)15-12-21-20(22-13-15)24(2)16-7-5-4-6-8-16/h4-13H,1-3H3,(H,23,25). The number of methoxy groups -OCH3 is 1.